The summed E-state index contributed by atoms with van der Waals surface area (Å²) in [6, 6.07) is 7.29. The standard InChI is InChI=1S/C24H27F3N4O2/c1-15-20(23(32)33)13-21-19(18-5-4-7-28-16(18)2)6-8-31(21)22(15)17(3)30-11-9-29(10-12-30)14-24(25,26)27/h4-8,13,17H,9-12,14H2,1-3H3,(H,32,33). The van der Waals surface area contributed by atoms with Crippen molar-refractivity contribution >= 4 is 11.5 Å². The van der Waals surface area contributed by atoms with Crippen LogP contribution >= 0.6 is 0 Å². The summed E-state index contributed by atoms with van der Waals surface area (Å²) < 4.78 is 40.3. The molecular formula is C24H27F3N4O2. The number of rotatable bonds is 5. The summed E-state index contributed by atoms with van der Waals surface area (Å²) in [6.45, 7) is 6.38. The molecule has 33 heavy (non-hydrogen) atoms. The molecule has 1 saturated heterocycles. The number of carbonyl (C=O) groups is 1. The van der Waals surface area contributed by atoms with E-state index in [0.717, 1.165) is 28.0 Å². The fourth-order valence-corrected chi connectivity index (χ4v) is 4.83. The number of carboxylic acid groups (broad SMARTS) is 1. The number of aromatic carboxylic acids is 1. The van der Waals surface area contributed by atoms with Crippen LogP contribution in [0.5, 0.6) is 0 Å². The number of hydrogen-bond acceptors (Lipinski definition) is 4. The zero-order valence-corrected chi connectivity index (χ0v) is 18.9. The van der Waals surface area contributed by atoms with Crippen LogP contribution in [-0.2, 0) is 0 Å². The van der Waals surface area contributed by atoms with E-state index in [4.69, 9.17) is 0 Å². The molecule has 1 fully saturated rings. The highest BCUT2D eigenvalue weighted by atomic mass is 19.4. The average molecular weight is 461 g/mol. The third-order valence-electron chi connectivity index (χ3n) is 6.54. The lowest BCUT2D eigenvalue weighted by molar-refractivity contribution is -0.149. The molecule has 1 aliphatic rings. The molecule has 6 nitrogen and oxygen atoms in total. The molecule has 0 amide bonds. The van der Waals surface area contributed by atoms with Gasteiger partial charge in [-0.1, -0.05) is 6.07 Å². The van der Waals surface area contributed by atoms with Crippen molar-refractivity contribution in [2.24, 2.45) is 0 Å². The molecule has 0 spiro atoms. The molecular weight excluding hydrogens is 433 g/mol. The van der Waals surface area contributed by atoms with Crippen molar-refractivity contribution in [1.82, 2.24) is 19.2 Å². The second-order valence-corrected chi connectivity index (χ2v) is 8.60. The van der Waals surface area contributed by atoms with E-state index in [1.807, 2.05) is 42.6 Å². The van der Waals surface area contributed by atoms with Crippen molar-refractivity contribution < 1.29 is 23.1 Å². The van der Waals surface area contributed by atoms with Gasteiger partial charge < -0.3 is 9.51 Å². The van der Waals surface area contributed by atoms with Gasteiger partial charge in [-0.05, 0) is 44.5 Å². The molecule has 1 unspecified atom stereocenters. The van der Waals surface area contributed by atoms with E-state index < -0.39 is 18.7 Å². The smallest absolute Gasteiger partial charge is 0.401 e. The fraction of sp³-hybridized carbons (Fsp3) is 0.417. The highest BCUT2D eigenvalue weighted by Crippen LogP contribution is 2.34. The van der Waals surface area contributed by atoms with Gasteiger partial charge in [0.15, 0.2) is 0 Å². The molecule has 1 N–H and O–H groups in total. The van der Waals surface area contributed by atoms with Gasteiger partial charge in [0, 0.05) is 67.1 Å². The molecule has 0 aliphatic carbocycles. The van der Waals surface area contributed by atoms with Crippen LogP contribution in [0.15, 0.2) is 36.7 Å². The number of alkyl halides is 3. The van der Waals surface area contributed by atoms with E-state index in [1.54, 1.807) is 19.2 Å². The maximum Gasteiger partial charge on any atom is 0.401 e. The Bertz CT molecular complexity index is 1180. The second kappa shape index (κ2) is 8.79. The Morgan fingerprint density at radius 3 is 2.45 bits per heavy atom. The molecule has 0 aromatic carbocycles. The Morgan fingerprint density at radius 2 is 1.85 bits per heavy atom. The predicted octanol–water partition coefficient (Wildman–Crippen LogP) is 4.56. The van der Waals surface area contributed by atoms with Gasteiger partial charge >= 0.3 is 12.1 Å². The Balaban J connectivity index is 1.74. The SMILES string of the molecule is Cc1ncccc1-c1ccn2c(C(C)N3CCN(CC(F)(F)F)CC3)c(C)c(C(=O)O)cc12. The highest BCUT2D eigenvalue weighted by molar-refractivity contribution is 5.94. The molecule has 0 bridgehead atoms. The third kappa shape index (κ3) is 4.60. The van der Waals surface area contributed by atoms with Crippen LogP contribution in [0, 0.1) is 13.8 Å². The van der Waals surface area contributed by atoms with Gasteiger partial charge in [0.1, 0.15) is 0 Å². The second-order valence-electron chi connectivity index (χ2n) is 8.60. The summed E-state index contributed by atoms with van der Waals surface area (Å²) >= 11 is 0. The molecule has 3 aromatic heterocycles. The minimum atomic E-state index is -4.21. The van der Waals surface area contributed by atoms with Crippen molar-refractivity contribution in [1.29, 1.82) is 0 Å². The minimum Gasteiger partial charge on any atom is -0.478 e. The van der Waals surface area contributed by atoms with Gasteiger partial charge in [0.05, 0.1) is 17.6 Å². The molecule has 176 valence electrons. The third-order valence-corrected chi connectivity index (χ3v) is 6.54. The van der Waals surface area contributed by atoms with Crippen LogP contribution in [0.1, 0.15) is 40.3 Å². The number of aryl methyl sites for hydroxylation is 1. The van der Waals surface area contributed by atoms with Crippen LogP contribution in [0.2, 0.25) is 0 Å². The van der Waals surface area contributed by atoms with Crippen molar-refractivity contribution in [3.05, 3.63) is 59.2 Å². The summed E-state index contributed by atoms with van der Waals surface area (Å²) in [6.07, 6.45) is -0.560. The average Bonchev–Trinajstić information content (AvgIpc) is 3.15. The first-order chi connectivity index (χ1) is 15.6. The van der Waals surface area contributed by atoms with Crippen molar-refractivity contribution in [3.8, 4) is 11.1 Å². The topological polar surface area (TPSA) is 61.1 Å². The maximum absolute atomic E-state index is 12.8. The summed E-state index contributed by atoms with van der Waals surface area (Å²) in [5.74, 6) is -1.01. The van der Waals surface area contributed by atoms with Crippen LogP contribution in [0.3, 0.4) is 0 Å². The van der Waals surface area contributed by atoms with Crippen LogP contribution in [0.25, 0.3) is 16.6 Å². The van der Waals surface area contributed by atoms with Crippen molar-refractivity contribution in [2.45, 2.75) is 33.0 Å². The largest absolute Gasteiger partial charge is 0.478 e. The summed E-state index contributed by atoms with van der Waals surface area (Å²) in [4.78, 5) is 20.0. The zero-order valence-electron chi connectivity index (χ0n) is 18.9. The lowest BCUT2D eigenvalue weighted by atomic mass is 9.99. The molecule has 9 heteroatoms. The number of nitrogens with zero attached hydrogens (tertiary/aromatic N) is 4. The van der Waals surface area contributed by atoms with Gasteiger partial charge in [-0.3, -0.25) is 14.8 Å². The maximum atomic E-state index is 12.8. The fourth-order valence-electron chi connectivity index (χ4n) is 4.83. The first kappa shape index (κ1) is 23.3. The number of piperazine rings is 1. The summed E-state index contributed by atoms with van der Waals surface area (Å²) in [5.41, 5.74) is 5.16. The van der Waals surface area contributed by atoms with E-state index in [-0.39, 0.29) is 11.6 Å². The predicted molar refractivity (Wildman–Crippen MR) is 120 cm³/mol. The molecule has 1 aliphatic heterocycles. The Labute approximate surface area is 190 Å². The van der Waals surface area contributed by atoms with Crippen LogP contribution < -0.4 is 0 Å². The van der Waals surface area contributed by atoms with Gasteiger partial charge in [-0.2, -0.15) is 13.2 Å². The minimum absolute atomic E-state index is 0.171. The quantitative estimate of drug-likeness (QED) is 0.605. The number of hydrogen-bond donors (Lipinski definition) is 1. The lowest BCUT2D eigenvalue weighted by Crippen LogP contribution is -2.49. The molecule has 3 aromatic rings. The van der Waals surface area contributed by atoms with Crippen molar-refractivity contribution in [3.63, 3.8) is 0 Å². The van der Waals surface area contributed by atoms with Gasteiger partial charge in [0.2, 0.25) is 0 Å². The molecule has 0 radical (unpaired) electrons. The number of carboxylic acids is 1. The Morgan fingerprint density at radius 1 is 1.15 bits per heavy atom. The first-order valence-electron chi connectivity index (χ1n) is 10.9. The van der Waals surface area contributed by atoms with Crippen LogP contribution in [-0.4, -0.2) is 69.2 Å². The van der Waals surface area contributed by atoms with Crippen molar-refractivity contribution in [2.75, 3.05) is 32.7 Å². The number of pyridine rings is 2. The first-order valence-corrected chi connectivity index (χ1v) is 10.9. The lowest BCUT2D eigenvalue weighted by Gasteiger charge is -2.39. The number of halogens is 3. The van der Waals surface area contributed by atoms with E-state index >= 15 is 0 Å². The summed E-state index contributed by atoms with van der Waals surface area (Å²) in [5, 5.41) is 9.89. The van der Waals surface area contributed by atoms with E-state index in [0.29, 0.717) is 31.7 Å². The van der Waals surface area contributed by atoms with E-state index in [9.17, 15) is 23.1 Å². The number of fused-ring (bicyclic) bond motifs is 1. The molecule has 4 heterocycles. The molecule has 4 rings (SSSR count). The Hall–Kier alpha value is -2.91. The van der Waals surface area contributed by atoms with E-state index in [2.05, 4.69) is 9.88 Å². The normalized spacial score (nSPS) is 16.9. The zero-order chi connectivity index (χ0) is 23.9. The molecule has 0 saturated carbocycles. The highest BCUT2D eigenvalue weighted by Gasteiger charge is 2.33. The van der Waals surface area contributed by atoms with Gasteiger partial charge in [-0.15, -0.1) is 0 Å². The summed E-state index contributed by atoms with van der Waals surface area (Å²) in [7, 11) is 0. The number of aromatic nitrogens is 2. The van der Waals surface area contributed by atoms with Gasteiger partial charge in [-0.25, -0.2) is 4.79 Å². The monoisotopic (exact) mass is 460 g/mol. The molecule has 1 atom stereocenters. The van der Waals surface area contributed by atoms with Gasteiger partial charge in [0.25, 0.3) is 0 Å². The van der Waals surface area contributed by atoms with E-state index in [1.165, 1.54) is 4.90 Å². The van der Waals surface area contributed by atoms with Crippen LogP contribution in [0.4, 0.5) is 13.2 Å². The Kier molecular flexibility index (Phi) is 6.20.